The summed E-state index contributed by atoms with van der Waals surface area (Å²) in [6, 6.07) is 5.29. The number of ether oxygens (including phenoxy) is 2. The molecule has 0 aliphatic heterocycles. The number of methoxy groups -OCH3 is 1. The van der Waals surface area contributed by atoms with E-state index >= 15 is 0 Å². The number of nitrogens with one attached hydrogen (secondary N) is 2. The normalized spacial score (nSPS) is 10.1. The van der Waals surface area contributed by atoms with E-state index in [1.807, 2.05) is 13.0 Å². The third kappa shape index (κ3) is 3.05. The maximum absolute atomic E-state index is 11.8. The smallest absolute Gasteiger partial charge is 0.270 e. The summed E-state index contributed by atoms with van der Waals surface area (Å²) >= 11 is 8.37. The van der Waals surface area contributed by atoms with Crippen LogP contribution in [0.2, 0.25) is 0 Å². The van der Waals surface area contributed by atoms with Crippen LogP contribution in [0.5, 0.6) is 11.5 Å². The predicted molar refractivity (Wildman–Crippen MR) is 87.8 cm³/mol. The molecule has 8 heteroatoms. The zero-order valence-electron chi connectivity index (χ0n) is 11.8. The Hall–Kier alpha value is -2.11. The Morgan fingerprint density at radius 1 is 1.41 bits per heavy atom. The second-order valence-electron chi connectivity index (χ2n) is 4.19. The molecule has 0 amide bonds. The van der Waals surface area contributed by atoms with Gasteiger partial charge in [-0.05, 0) is 47.2 Å². The highest BCUT2D eigenvalue weighted by atomic mass is 79.9. The van der Waals surface area contributed by atoms with Crippen LogP contribution in [0.1, 0.15) is 12.5 Å². The number of halogens is 1. The molecule has 0 bridgehead atoms. The molecular formula is C14H12BrN3O3S. The molecule has 114 valence electrons. The van der Waals surface area contributed by atoms with E-state index < -0.39 is 5.56 Å². The standard InChI is InChI=1S/C14H12BrN3O3S/c1-3-21-12-9(15)4-7(5-10(12)20-2)11-8(6-16)13(19)18-14(22)17-11/h4-5H,3H2,1-2H3,(H2,17,18,19,22). The van der Waals surface area contributed by atoms with Gasteiger partial charge in [0, 0.05) is 5.56 Å². The lowest BCUT2D eigenvalue weighted by Crippen LogP contribution is -2.13. The fourth-order valence-corrected chi connectivity index (χ4v) is 2.71. The molecule has 2 rings (SSSR count). The number of nitrogens with zero attached hydrogens (tertiary/aromatic N) is 1. The van der Waals surface area contributed by atoms with Crippen molar-refractivity contribution >= 4 is 28.1 Å². The van der Waals surface area contributed by atoms with E-state index in [0.717, 1.165) is 0 Å². The maximum atomic E-state index is 11.8. The van der Waals surface area contributed by atoms with Crippen LogP contribution in [0.25, 0.3) is 11.3 Å². The molecule has 2 N–H and O–H groups in total. The van der Waals surface area contributed by atoms with Gasteiger partial charge in [0.15, 0.2) is 16.3 Å². The molecule has 2 aromatic rings. The van der Waals surface area contributed by atoms with E-state index in [0.29, 0.717) is 33.8 Å². The van der Waals surface area contributed by atoms with Crippen molar-refractivity contribution in [2.45, 2.75) is 6.92 Å². The van der Waals surface area contributed by atoms with Crippen molar-refractivity contribution in [2.24, 2.45) is 0 Å². The van der Waals surface area contributed by atoms with Gasteiger partial charge < -0.3 is 14.5 Å². The Balaban J connectivity index is 2.75. The van der Waals surface area contributed by atoms with Crippen LogP contribution >= 0.6 is 28.1 Å². The van der Waals surface area contributed by atoms with Gasteiger partial charge in [-0.15, -0.1) is 0 Å². The van der Waals surface area contributed by atoms with Crippen LogP contribution in [0.3, 0.4) is 0 Å². The summed E-state index contributed by atoms with van der Waals surface area (Å²) in [5.41, 5.74) is 0.330. The molecule has 0 atom stereocenters. The number of aromatic amines is 2. The number of rotatable bonds is 4. The molecule has 22 heavy (non-hydrogen) atoms. The van der Waals surface area contributed by atoms with Gasteiger partial charge in [-0.3, -0.25) is 9.78 Å². The lowest BCUT2D eigenvalue weighted by molar-refractivity contribution is 0.309. The first-order chi connectivity index (χ1) is 10.5. The van der Waals surface area contributed by atoms with Crippen LogP contribution < -0.4 is 15.0 Å². The average Bonchev–Trinajstić information content (AvgIpc) is 2.48. The molecule has 0 aliphatic rings. The largest absolute Gasteiger partial charge is 0.493 e. The lowest BCUT2D eigenvalue weighted by Gasteiger charge is -2.13. The van der Waals surface area contributed by atoms with Crippen LogP contribution in [0, 0.1) is 16.1 Å². The van der Waals surface area contributed by atoms with Crippen molar-refractivity contribution in [2.75, 3.05) is 13.7 Å². The number of H-pyrrole nitrogens is 2. The predicted octanol–water partition coefficient (Wildman–Crippen LogP) is 3.14. The first-order valence-electron chi connectivity index (χ1n) is 6.29. The zero-order chi connectivity index (χ0) is 16.3. The molecule has 0 radical (unpaired) electrons. The van der Waals surface area contributed by atoms with Gasteiger partial charge in [-0.1, -0.05) is 0 Å². The molecule has 6 nitrogen and oxygen atoms in total. The van der Waals surface area contributed by atoms with Crippen molar-refractivity contribution in [3.63, 3.8) is 0 Å². The molecule has 0 fully saturated rings. The fourth-order valence-electron chi connectivity index (χ4n) is 1.96. The van der Waals surface area contributed by atoms with Crippen molar-refractivity contribution in [1.29, 1.82) is 5.26 Å². The monoisotopic (exact) mass is 381 g/mol. The Morgan fingerprint density at radius 3 is 2.73 bits per heavy atom. The number of aromatic nitrogens is 2. The minimum Gasteiger partial charge on any atom is -0.493 e. The first-order valence-corrected chi connectivity index (χ1v) is 7.49. The average molecular weight is 382 g/mol. The lowest BCUT2D eigenvalue weighted by atomic mass is 10.1. The number of benzene rings is 1. The maximum Gasteiger partial charge on any atom is 0.270 e. The van der Waals surface area contributed by atoms with Gasteiger partial charge in [0.25, 0.3) is 5.56 Å². The van der Waals surface area contributed by atoms with Crippen molar-refractivity contribution in [3.8, 4) is 28.8 Å². The van der Waals surface area contributed by atoms with Crippen LogP contribution in [0.15, 0.2) is 21.4 Å². The third-order valence-electron chi connectivity index (χ3n) is 2.86. The van der Waals surface area contributed by atoms with E-state index in [1.54, 1.807) is 12.1 Å². The second-order valence-corrected chi connectivity index (χ2v) is 5.46. The Labute approximate surface area is 139 Å². The van der Waals surface area contributed by atoms with E-state index in [4.69, 9.17) is 21.7 Å². The molecule has 1 aromatic carbocycles. The fraction of sp³-hybridized carbons (Fsp3) is 0.214. The molecule has 0 unspecified atom stereocenters. The quantitative estimate of drug-likeness (QED) is 0.793. The summed E-state index contributed by atoms with van der Waals surface area (Å²) < 4.78 is 11.6. The summed E-state index contributed by atoms with van der Waals surface area (Å²) in [5, 5.41) is 9.19. The summed E-state index contributed by atoms with van der Waals surface area (Å²) in [5.74, 6) is 1.03. The van der Waals surface area contributed by atoms with E-state index in [1.165, 1.54) is 7.11 Å². The van der Waals surface area contributed by atoms with E-state index in [9.17, 15) is 10.1 Å². The topological polar surface area (TPSA) is 90.9 Å². The number of hydrogen-bond acceptors (Lipinski definition) is 5. The van der Waals surface area contributed by atoms with Gasteiger partial charge in [0.1, 0.15) is 11.6 Å². The van der Waals surface area contributed by atoms with Crippen molar-refractivity contribution < 1.29 is 9.47 Å². The highest BCUT2D eigenvalue weighted by Gasteiger charge is 2.16. The van der Waals surface area contributed by atoms with Crippen LogP contribution in [-0.4, -0.2) is 23.7 Å². The summed E-state index contributed by atoms with van der Waals surface area (Å²) in [6.07, 6.45) is 0. The van der Waals surface area contributed by atoms with Crippen LogP contribution in [0.4, 0.5) is 0 Å². The summed E-state index contributed by atoms with van der Waals surface area (Å²) in [4.78, 5) is 17.1. The Kier molecular flexibility index (Phi) is 5.00. The van der Waals surface area contributed by atoms with Crippen molar-refractivity contribution in [1.82, 2.24) is 9.97 Å². The molecule has 0 saturated heterocycles. The van der Waals surface area contributed by atoms with Gasteiger partial charge in [-0.2, -0.15) is 5.26 Å². The minimum absolute atomic E-state index is 0.0493. The Bertz CT molecular complexity index is 867. The number of nitriles is 1. The Morgan fingerprint density at radius 2 is 2.14 bits per heavy atom. The van der Waals surface area contributed by atoms with E-state index in [2.05, 4.69) is 25.9 Å². The molecule has 1 aromatic heterocycles. The van der Waals surface area contributed by atoms with Gasteiger partial charge in [-0.25, -0.2) is 0 Å². The molecule has 0 spiro atoms. The van der Waals surface area contributed by atoms with Crippen LogP contribution in [-0.2, 0) is 0 Å². The zero-order valence-corrected chi connectivity index (χ0v) is 14.2. The summed E-state index contributed by atoms with van der Waals surface area (Å²) in [6.45, 7) is 2.34. The van der Waals surface area contributed by atoms with Crippen molar-refractivity contribution in [3.05, 3.63) is 37.3 Å². The molecule has 0 saturated carbocycles. The SMILES string of the molecule is CCOc1c(Br)cc(-c2[nH]c(=S)[nH]c(=O)c2C#N)cc1OC. The third-order valence-corrected chi connectivity index (χ3v) is 3.65. The molecule has 0 aliphatic carbocycles. The highest BCUT2D eigenvalue weighted by Crippen LogP contribution is 2.39. The number of hydrogen-bond donors (Lipinski definition) is 2. The van der Waals surface area contributed by atoms with Gasteiger partial charge in [0.05, 0.1) is 23.9 Å². The van der Waals surface area contributed by atoms with E-state index in [-0.39, 0.29) is 10.3 Å². The summed E-state index contributed by atoms with van der Waals surface area (Å²) in [7, 11) is 1.51. The highest BCUT2D eigenvalue weighted by molar-refractivity contribution is 9.10. The molecular weight excluding hydrogens is 370 g/mol. The van der Waals surface area contributed by atoms with Gasteiger partial charge in [0.2, 0.25) is 0 Å². The second kappa shape index (κ2) is 6.77. The minimum atomic E-state index is -0.537. The molecule has 1 heterocycles. The first kappa shape index (κ1) is 16.3. The van der Waals surface area contributed by atoms with Gasteiger partial charge >= 0.3 is 0 Å².